The fourth-order valence-electron chi connectivity index (χ4n) is 2.05. The van der Waals surface area contributed by atoms with E-state index in [1.165, 1.54) is 7.11 Å². The van der Waals surface area contributed by atoms with Crippen LogP contribution in [0, 0.1) is 11.8 Å². The van der Waals surface area contributed by atoms with Crippen molar-refractivity contribution in [3.05, 3.63) is 35.5 Å². The molecule has 1 aromatic carbocycles. The fourth-order valence-corrected chi connectivity index (χ4v) is 2.05. The summed E-state index contributed by atoms with van der Waals surface area (Å²) >= 11 is 0. The van der Waals surface area contributed by atoms with E-state index in [-0.39, 0.29) is 6.54 Å². The summed E-state index contributed by atoms with van der Waals surface area (Å²) in [5.74, 6) is 5.39. The molecule has 126 valence electrons. The summed E-state index contributed by atoms with van der Waals surface area (Å²) in [5, 5.41) is 3.31. The van der Waals surface area contributed by atoms with Crippen LogP contribution in [0.5, 0.6) is 0 Å². The number of rotatable bonds is 2. The minimum Gasteiger partial charge on any atom is -0.465 e. The molecule has 0 unspecified atom stereocenters. The third-order valence-electron chi connectivity index (χ3n) is 3.04. The molecule has 2 N–H and O–H groups in total. The molecule has 1 aromatic heterocycles. The zero-order chi connectivity index (χ0) is 17.7. The Morgan fingerprint density at radius 1 is 1.29 bits per heavy atom. The molecular weight excluding hydrogens is 308 g/mol. The van der Waals surface area contributed by atoms with E-state index in [4.69, 9.17) is 9.47 Å². The molecule has 0 saturated carbocycles. The number of hydrogen-bond acceptors (Lipinski definition) is 4. The van der Waals surface area contributed by atoms with Gasteiger partial charge in [-0.25, -0.2) is 9.59 Å². The van der Waals surface area contributed by atoms with E-state index >= 15 is 0 Å². The van der Waals surface area contributed by atoms with Crippen LogP contribution in [0.4, 0.5) is 4.79 Å². The molecule has 0 spiro atoms. The van der Waals surface area contributed by atoms with E-state index in [0.717, 1.165) is 16.5 Å². The molecule has 0 bridgehead atoms. The fraction of sp³-hybridized carbons (Fsp3) is 0.333. The van der Waals surface area contributed by atoms with E-state index in [2.05, 4.69) is 22.1 Å². The number of ether oxygens (including phenoxy) is 2. The standard InChI is InChI=1S/C18H20N2O4/c1-18(2,3)24-17(22)19-9-5-6-12-7-8-15-13(10-12)14(11-20-15)16(21)23-4/h7-8,10-11,20H,9H2,1-4H3,(H,19,22). The van der Waals surface area contributed by atoms with Crippen molar-refractivity contribution in [3.8, 4) is 11.8 Å². The number of nitrogens with one attached hydrogen (secondary N) is 2. The Morgan fingerprint density at radius 2 is 2.04 bits per heavy atom. The van der Waals surface area contributed by atoms with Gasteiger partial charge >= 0.3 is 12.1 Å². The SMILES string of the molecule is COC(=O)c1c[nH]c2ccc(C#CCNC(=O)OC(C)(C)C)cc12. The van der Waals surface area contributed by atoms with E-state index in [1.54, 1.807) is 33.0 Å². The van der Waals surface area contributed by atoms with Crippen molar-refractivity contribution in [3.63, 3.8) is 0 Å². The van der Waals surface area contributed by atoms with E-state index in [9.17, 15) is 9.59 Å². The van der Waals surface area contributed by atoms with Crippen LogP contribution in [0.3, 0.4) is 0 Å². The quantitative estimate of drug-likeness (QED) is 0.656. The van der Waals surface area contributed by atoms with Crippen LogP contribution in [0.2, 0.25) is 0 Å². The predicted octanol–water partition coefficient (Wildman–Crippen LogP) is 2.83. The summed E-state index contributed by atoms with van der Waals surface area (Å²) < 4.78 is 9.87. The normalized spacial score (nSPS) is 10.7. The monoisotopic (exact) mass is 328 g/mol. The number of H-pyrrole nitrogens is 1. The van der Waals surface area contributed by atoms with Gasteiger partial charge in [0.2, 0.25) is 0 Å². The van der Waals surface area contributed by atoms with Gasteiger partial charge in [0.05, 0.1) is 19.2 Å². The number of aromatic nitrogens is 1. The van der Waals surface area contributed by atoms with Crippen molar-refractivity contribution in [2.45, 2.75) is 26.4 Å². The Labute approximate surface area is 140 Å². The number of benzene rings is 1. The summed E-state index contributed by atoms with van der Waals surface area (Å²) in [7, 11) is 1.34. The maximum Gasteiger partial charge on any atom is 0.408 e. The number of carbonyl (C=O) groups excluding carboxylic acids is 2. The zero-order valence-corrected chi connectivity index (χ0v) is 14.1. The molecule has 0 atom stereocenters. The largest absolute Gasteiger partial charge is 0.465 e. The first-order valence-electron chi connectivity index (χ1n) is 7.45. The average Bonchev–Trinajstić information content (AvgIpc) is 2.92. The number of methoxy groups -OCH3 is 1. The molecule has 0 fully saturated rings. The third kappa shape index (κ3) is 4.53. The Bertz CT molecular complexity index is 819. The van der Waals surface area contributed by atoms with E-state index in [0.29, 0.717) is 5.56 Å². The van der Waals surface area contributed by atoms with Crippen LogP contribution in [0.1, 0.15) is 36.7 Å². The Hall–Kier alpha value is -2.94. The van der Waals surface area contributed by atoms with Gasteiger partial charge in [0.15, 0.2) is 0 Å². The third-order valence-corrected chi connectivity index (χ3v) is 3.04. The molecule has 0 radical (unpaired) electrons. The topological polar surface area (TPSA) is 80.4 Å². The number of carbonyl (C=O) groups is 2. The molecule has 24 heavy (non-hydrogen) atoms. The molecule has 0 aliphatic heterocycles. The van der Waals surface area contributed by atoms with Crippen molar-refractivity contribution in [2.75, 3.05) is 13.7 Å². The van der Waals surface area contributed by atoms with Crippen LogP contribution >= 0.6 is 0 Å². The molecule has 2 rings (SSSR count). The van der Waals surface area contributed by atoms with Crippen LogP contribution < -0.4 is 5.32 Å². The van der Waals surface area contributed by atoms with E-state index < -0.39 is 17.7 Å². The lowest BCUT2D eigenvalue weighted by Crippen LogP contribution is -2.32. The summed E-state index contributed by atoms with van der Waals surface area (Å²) in [6.07, 6.45) is 1.10. The summed E-state index contributed by atoms with van der Waals surface area (Å²) in [6.45, 7) is 5.56. The predicted molar refractivity (Wildman–Crippen MR) is 90.8 cm³/mol. The number of amides is 1. The van der Waals surface area contributed by atoms with Crippen LogP contribution in [0.15, 0.2) is 24.4 Å². The summed E-state index contributed by atoms with van der Waals surface area (Å²) in [6, 6.07) is 5.48. The molecule has 0 aliphatic rings. The highest BCUT2D eigenvalue weighted by molar-refractivity contribution is 6.04. The first-order chi connectivity index (χ1) is 11.3. The van der Waals surface area contributed by atoms with Gasteiger partial charge < -0.3 is 19.8 Å². The van der Waals surface area contributed by atoms with Gasteiger partial charge in [0, 0.05) is 22.7 Å². The minimum absolute atomic E-state index is 0.171. The molecule has 6 heteroatoms. The van der Waals surface area contributed by atoms with Crippen LogP contribution in [-0.2, 0) is 9.47 Å². The molecular formula is C18H20N2O4. The summed E-state index contributed by atoms with van der Waals surface area (Å²) in [5.41, 5.74) is 1.48. The van der Waals surface area contributed by atoms with Crippen molar-refractivity contribution in [1.29, 1.82) is 0 Å². The first kappa shape index (κ1) is 17.4. The second kappa shape index (κ2) is 7.09. The van der Waals surface area contributed by atoms with Crippen LogP contribution in [0.25, 0.3) is 10.9 Å². The number of fused-ring (bicyclic) bond motifs is 1. The lowest BCUT2D eigenvalue weighted by Gasteiger charge is -2.18. The van der Waals surface area contributed by atoms with Gasteiger partial charge in [-0.3, -0.25) is 0 Å². The lowest BCUT2D eigenvalue weighted by molar-refractivity contribution is 0.0533. The van der Waals surface area contributed by atoms with Crippen molar-refractivity contribution in [2.24, 2.45) is 0 Å². The molecule has 2 aromatic rings. The van der Waals surface area contributed by atoms with Gasteiger partial charge in [0.25, 0.3) is 0 Å². The second-order valence-corrected chi connectivity index (χ2v) is 6.11. The Kier molecular flexibility index (Phi) is 5.14. The van der Waals surface area contributed by atoms with Crippen LogP contribution in [-0.4, -0.2) is 36.3 Å². The maximum absolute atomic E-state index is 11.7. The maximum atomic E-state index is 11.7. The Morgan fingerprint density at radius 3 is 2.71 bits per heavy atom. The van der Waals surface area contributed by atoms with Gasteiger partial charge in [-0.2, -0.15) is 0 Å². The molecule has 0 aliphatic carbocycles. The van der Waals surface area contributed by atoms with E-state index in [1.807, 2.05) is 12.1 Å². The van der Waals surface area contributed by atoms with Crippen molar-refractivity contribution >= 4 is 23.0 Å². The highest BCUT2D eigenvalue weighted by Gasteiger charge is 2.15. The van der Waals surface area contributed by atoms with Gasteiger partial charge in [-0.15, -0.1) is 0 Å². The average molecular weight is 328 g/mol. The van der Waals surface area contributed by atoms with Crippen molar-refractivity contribution < 1.29 is 19.1 Å². The highest BCUT2D eigenvalue weighted by atomic mass is 16.6. The first-order valence-corrected chi connectivity index (χ1v) is 7.45. The number of esters is 1. The number of hydrogen-bond donors (Lipinski definition) is 2. The molecule has 1 heterocycles. The molecule has 0 saturated heterocycles. The number of aromatic amines is 1. The zero-order valence-electron chi connectivity index (χ0n) is 14.1. The summed E-state index contributed by atoms with van der Waals surface area (Å²) in [4.78, 5) is 26.2. The van der Waals surface area contributed by atoms with Gasteiger partial charge in [-0.05, 0) is 39.0 Å². The van der Waals surface area contributed by atoms with Crippen molar-refractivity contribution in [1.82, 2.24) is 10.3 Å². The smallest absolute Gasteiger partial charge is 0.408 e. The molecule has 6 nitrogen and oxygen atoms in total. The highest BCUT2D eigenvalue weighted by Crippen LogP contribution is 2.20. The minimum atomic E-state index is -0.541. The second-order valence-electron chi connectivity index (χ2n) is 6.11. The molecule has 1 amide bonds. The Balaban J connectivity index is 2.06. The van der Waals surface area contributed by atoms with Gasteiger partial charge in [-0.1, -0.05) is 11.8 Å². The number of alkyl carbamates (subject to hydrolysis) is 1. The van der Waals surface area contributed by atoms with Gasteiger partial charge in [0.1, 0.15) is 5.60 Å². The lowest BCUT2D eigenvalue weighted by atomic mass is 10.1.